The van der Waals surface area contributed by atoms with Gasteiger partial charge in [-0.25, -0.2) is 9.18 Å². The van der Waals surface area contributed by atoms with Crippen LogP contribution in [-0.2, 0) is 22.7 Å². The first kappa shape index (κ1) is 27.2. The molecule has 0 aliphatic carbocycles. The monoisotopic (exact) mass is 575 g/mol. The average molecular weight is 576 g/mol. The summed E-state index contributed by atoms with van der Waals surface area (Å²) in [5.74, 6) is -1.21. The maximum atomic E-state index is 13.2. The van der Waals surface area contributed by atoms with E-state index >= 15 is 0 Å². The van der Waals surface area contributed by atoms with Gasteiger partial charge in [0.2, 0.25) is 5.91 Å². The molecule has 2 heterocycles. The van der Waals surface area contributed by atoms with Crippen molar-refractivity contribution in [2.24, 2.45) is 0 Å². The van der Waals surface area contributed by atoms with Gasteiger partial charge < -0.3 is 19.6 Å². The van der Waals surface area contributed by atoms with Crippen LogP contribution in [0.4, 0.5) is 10.1 Å². The number of carboxylic acids is 1. The Hall–Kier alpha value is -4.41. The number of benzene rings is 3. The van der Waals surface area contributed by atoms with Crippen molar-refractivity contribution in [3.63, 3.8) is 0 Å². The van der Waals surface area contributed by atoms with Crippen molar-refractivity contribution < 1.29 is 19.1 Å². The summed E-state index contributed by atoms with van der Waals surface area (Å²) in [7, 11) is 0. The fourth-order valence-corrected chi connectivity index (χ4v) is 5.25. The van der Waals surface area contributed by atoms with Crippen molar-refractivity contribution in [2.75, 3.05) is 5.32 Å². The predicted octanol–water partition coefficient (Wildman–Crippen LogP) is 6.57. The second kappa shape index (κ2) is 11.8. The molecule has 0 fully saturated rings. The van der Waals surface area contributed by atoms with Crippen LogP contribution >= 0.6 is 23.4 Å². The number of hydrogen-bond donors (Lipinski definition) is 2. The molecule has 0 aliphatic rings. The van der Waals surface area contributed by atoms with E-state index in [1.807, 2.05) is 47.9 Å². The number of hydrogen-bond acceptors (Lipinski definition) is 5. The van der Waals surface area contributed by atoms with Crippen LogP contribution in [0, 0.1) is 5.82 Å². The second-order valence-corrected chi connectivity index (χ2v) is 10.2. The molecule has 0 atom stereocenters. The van der Waals surface area contributed by atoms with Crippen LogP contribution in [0.2, 0.25) is 5.02 Å². The highest BCUT2D eigenvalue weighted by Crippen LogP contribution is 2.32. The topological polar surface area (TPSA) is 102 Å². The zero-order valence-corrected chi connectivity index (χ0v) is 22.8. The Kier molecular flexibility index (Phi) is 7.99. The molecule has 0 radical (unpaired) electrons. The molecule has 2 N–H and O–H groups in total. The van der Waals surface area contributed by atoms with Crippen LogP contribution in [0.3, 0.4) is 0 Å². The number of carbonyl (C=O) groups excluding carboxylic acids is 1. The van der Waals surface area contributed by atoms with Crippen molar-refractivity contribution in [1.82, 2.24) is 19.3 Å². The van der Waals surface area contributed by atoms with Gasteiger partial charge in [-0.2, -0.15) is 0 Å². The summed E-state index contributed by atoms with van der Waals surface area (Å²) in [4.78, 5) is 25.1. The number of anilines is 1. The lowest BCUT2D eigenvalue weighted by atomic mass is 10.1. The van der Waals surface area contributed by atoms with E-state index in [9.17, 15) is 19.1 Å². The number of nitrogens with zero attached hydrogens (tertiary/aromatic N) is 4. The third-order valence-electron chi connectivity index (χ3n) is 6.10. The molecule has 0 unspecified atom stereocenters. The van der Waals surface area contributed by atoms with Gasteiger partial charge in [0.05, 0.1) is 0 Å². The van der Waals surface area contributed by atoms with Crippen LogP contribution in [0.1, 0.15) is 12.5 Å². The van der Waals surface area contributed by atoms with Gasteiger partial charge >= 0.3 is 5.97 Å². The highest BCUT2D eigenvalue weighted by Gasteiger charge is 2.19. The number of carboxylic acid groups (broad SMARTS) is 1. The number of aliphatic carboxylic acids is 1. The Labute approximate surface area is 238 Å². The SMILES string of the molecule is CCn1c(S/C(=C\c2cn(CC(=O)Nc3ccc(F)cc3)c3ccccc23)C(=O)O)nnc1-c1ccc(Cl)cc1. The summed E-state index contributed by atoms with van der Waals surface area (Å²) in [6.45, 7) is 2.44. The van der Waals surface area contributed by atoms with Crippen molar-refractivity contribution >= 4 is 57.9 Å². The molecular weight excluding hydrogens is 553 g/mol. The molecule has 0 spiro atoms. The van der Waals surface area contributed by atoms with E-state index in [-0.39, 0.29) is 17.4 Å². The van der Waals surface area contributed by atoms with E-state index in [0.717, 1.165) is 28.2 Å². The number of fused-ring (bicyclic) bond motifs is 1. The molecule has 5 aromatic rings. The summed E-state index contributed by atoms with van der Waals surface area (Å²) in [6.07, 6.45) is 3.31. The Morgan fingerprint density at radius 2 is 1.77 bits per heavy atom. The van der Waals surface area contributed by atoms with E-state index in [1.54, 1.807) is 29.0 Å². The molecule has 2 aromatic heterocycles. The molecule has 0 saturated carbocycles. The molecule has 0 aliphatic heterocycles. The smallest absolute Gasteiger partial charge is 0.342 e. The lowest BCUT2D eigenvalue weighted by Crippen LogP contribution is -2.18. The van der Waals surface area contributed by atoms with E-state index in [4.69, 9.17) is 11.6 Å². The van der Waals surface area contributed by atoms with E-state index in [0.29, 0.717) is 33.8 Å². The summed E-state index contributed by atoms with van der Waals surface area (Å²) >= 11 is 7.02. The number of halogens is 2. The minimum atomic E-state index is -1.12. The minimum absolute atomic E-state index is 0.0180. The number of nitrogens with one attached hydrogen (secondary N) is 1. The number of thioether (sulfide) groups is 1. The van der Waals surface area contributed by atoms with Gasteiger partial charge in [-0.15, -0.1) is 10.2 Å². The van der Waals surface area contributed by atoms with Gasteiger partial charge in [-0.05, 0) is 79.4 Å². The Balaban J connectivity index is 1.44. The lowest BCUT2D eigenvalue weighted by Gasteiger charge is -2.08. The zero-order valence-electron chi connectivity index (χ0n) is 21.2. The van der Waals surface area contributed by atoms with Crippen molar-refractivity contribution in [3.8, 4) is 11.4 Å². The molecule has 11 heteroatoms. The van der Waals surface area contributed by atoms with Gasteiger partial charge in [0.1, 0.15) is 17.3 Å². The van der Waals surface area contributed by atoms with Crippen LogP contribution in [-0.4, -0.2) is 36.3 Å². The Bertz CT molecular complexity index is 1730. The predicted molar refractivity (Wildman–Crippen MR) is 155 cm³/mol. The fraction of sp³-hybridized carbons (Fsp3) is 0.103. The largest absolute Gasteiger partial charge is 0.477 e. The minimum Gasteiger partial charge on any atom is -0.477 e. The zero-order chi connectivity index (χ0) is 28.2. The van der Waals surface area contributed by atoms with Crippen LogP contribution in [0.5, 0.6) is 0 Å². The van der Waals surface area contributed by atoms with Crippen LogP contribution < -0.4 is 5.32 Å². The van der Waals surface area contributed by atoms with Crippen molar-refractivity contribution in [1.29, 1.82) is 0 Å². The van der Waals surface area contributed by atoms with Gasteiger partial charge in [-0.3, -0.25) is 4.79 Å². The lowest BCUT2D eigenvalue weighted by molar-refractivity contribution is -0.131. The van der Waals surface area contributed by atoms with Crippen LogP contribution in [0.25, 0.3) is 28.4 Å². The Morgan fingerprint density at radius 1 is 1.05 bits per heavy atom. The molecule has 3 aromatic carbocycles. The number of rotatable bonds is 9. The fourth-order valence-electron chi connectivity index (χ4n) is 4.25. The van der Waals surface area contributed by atoms with Crippen molar-refractivity contribution in [3.05, 3.63) is 100 Å². The van der Waals surface area contributed by atoms with E-state index in [1.165, 1.54) is 24.3 Å². The van der Waals surface area contributed by atoms with Gasteiger partial charge in [0.15, 0.2) is 11.0 Å². The molecule has 8 nitrogen and oxygen atoms in total. The number of para-hydroxylation sites is 1. The van der Waals surface area contributed by atoms with E-state index < -0.39 is 11.8 Å². The Morgan fingerprint density at radius 3 is 2.48 bits per heavy atom. The first-order valence-corrected chi connectivity index (χ1v) is 13.5. The molecule has 0 saturated heterocycles. The first-order valence-electron chi connectivity index (χ1n) is 12.3. The molecule has 5 rings (SSSR count). The highest BCUT2D eigenvalue weighted by atomic mass is 35.5. The molecule has 202 valence electrons. The second-order valence-electron chi connectivity index (χ2n) is 8.76. The molecule has 40 heavy (non-hydrogen) atoms. The normalized spacial score (nSPS) is 11.6. The summed E-state index contributed by atoms with van der Waals surface area (Å²) < 4.78 is 16.8. The third-order valence-corrected chi connectivity index (χ3v) is 7.34. The summed E-state index contributed by atoms with van der Waals surface area (Å²) in [5, 5.41) is 23.2. The van der Waals surface area contributed by atoms with Gasteiger partial charge in [0, 0.05) is 45.5 Å². The highest BCUT2D eigenvalue weighted by molar-refractivity contribution is 8.04. The number of amides is 1. The number of aromatic nitrogens is 4. The quantitative estimate of drug-likeness (QED) is 0.152. The van der Waals surface area contributed by atoms with Crippen LogP contribution in [0.15, 0.2) is 89.1 Å². The maximum Gasteiger partial charge on any atom is 0.342 e. The van der Waals surface area contributed by atoms with Gasteiger partial charge in [-0.1, -0.05) is 29.8 Å². The number of carbonyl (C=O) groups is 2. The van der Waals surface area contributed by atoms with Gasteiger partial charge in [0.25, 0.3) is 0 Å². The maximum absolute atomic E-state index is 13.2. The van der Waals surface area contributed by atoms with E-state index in [2.05, 4.69) is 15.5 Å². The first-order chi connectivity index (χ1) is 19.3. The molecule has 1 amide bonds. The standard InChI is InChI=1S/C29H23ClFN5O3S/c1-2-36-27(18-7-9-20(30)10-8-18)33-34-29(36)40-25(28(38)39)15-19-16-35(24-6-4-3-5-23(19)24)17-26(37)32-22-13-11-21(31)12-14-22/h3-16H,2,17H2,1H3,(H,32,37)(H,38,39)/b25-15-. The summed E-state index contributed by atoms with van der Waals surface area (Å²) in [6, 6.07) is 20.1. The van der Waals surface area contributed by atoms with Crippen molar-refractivity contribution in [2.45, 2.75) is 25.2 Å². The molecular formula is C29H23ClFN5O3S. The third kappa shape index (κ3) is 5.93. The molecule has 0 bridgehead atoms. The summed E-state index contributed by atoms with van der Waals surface area (Å²) in [5.41, 5.74) is 2.69. The average Bonchev–Trinajstić information content (AvgIpc) is 3.51.